The average Bonchev–Trinajstić information content (AvgIpc) is 2.97. The third-order valence-electron chi connectivity index (χ3n) is 6.20. The molecule has 19 heteroatoms. The summed E-state index contributed by atoms with van der Waals surface area (Å²) in [6.45, 7) is -1.35. The van der Waals surface area contributed by atoms with Gasteiger partial charge in [-0.05, 0) is 42.5 Å². The summed E-state index contributed by atoms with van der Waals surface area (Å²) in [7, 11) is -3.61. The molecule has 3 atom stereocenters. The Balaban J connectivity index is 0.000000453. The maximum atomic E-state index is 12.2. The largest absolute Gasteiger partial charge is 0.497 e. The van der Waals surface area contributed by atoms with Gasteiger partial charge in [0.15, 0.2) is 5.78 Å². The van der Waals surface area contributed by atoms with Crippen molar-refractivity contribution in [1.82, 2.24) is 9.62 Å². The number of allylic oxidation sites excluding steroid dienone is 1. The van der Waals surface area contributed by atoms with Crippen LogP contribution in [0.25, 0.3) is 5.57 Å². The van der Waals surface area contributed by atoms with Crippen molar-refractivity contribution in [3.8, 4) is 11.8 Å². The number of ketones is 1. The highest BCUT2D eigenvalue weighted by Gasteiger charge is 2.34. The third-order valence-corrected chi connectivity index (χ3v) is 7.43. The molecule has 0 aliphatic heterocycles. The van der Waals surface area contributed by atoms with Crippen LogP contribution in [0.1, 0.15) is 37.7 Å². The number of benzene rings is 1. The fourth-order valence-electron chi connectivity index (χ4n) is 3.94. The number of thiol groups is 1. The van der Waals surface area contributed by atoms with E-state index in [4.69, 9.17) is 35.6 Å². The van der Waals surface area contributed by atoms with Crippen LogP contribution in [0.2, 0.25) is 0 Å². The van der Waals surface area contributed by atoms with Gasteiger partial charge in [0.2, 0.25) is 5.91 Å². The molecule has 2 amide bonds. The molecule has 0 heterocycles. The molecule has 3 unspecified atom stereocenters. The van der Waals surface area contributed by atoms with Crippen molar-refractivity contribution >= 4 is 64.0 Å². The third kappa shape index (κ3) is 12.2. The summed E-state index contributed by atoms with van der Waals surface area (Å²) in [6.07, 6.45) is -0.0152. The Morgan fingerprint density at radius 2 is 1.76 bits per heavy atom. The van der Waals surface area contributed by atoms with Crippen molar-refractivity contribution in [1.29, 1.82) is 5.26 Å². The predicted octanol–water partition coefficient (Wildman–Crippen LogP) is -0.265. The van der Waals surface area contributed by atoms with Crippen molar-refractivity contribution in [2.24, 2.45) is 11.7 Å². The lowest BCUT2D eigenvalue weighted by atomic mass is 9.79. The molecule has 0 saturated heterocycles. The molecule has 2 rings (SSSR count). The summed E-state index contributed by atoms with van der Waals surface area (Å²) in [5, 5.41) is 37.2. The van der Waals surface area contributed by atoms with E-state index in [1.165, 1.54) is 0 Å². The van der Waals surface area contributed by atoms with Crippen LogP contribution < -0.4 is 15.8 Å². The molecule has 0 bridgehead atoms. The molecule has 0 spiro atoms. The van der Waals surface area contributed by atoms with Crippen LogP contribution in [-0.4, -0.2) is 99.6 Å². The van der Waals surface area contributed by atoms with Gasteiger partial charge in [-0.25, -0.2) is 4.31 Å². The van der Waals surface area contributed by atoms with Crippen molar-refractivity contribution in [2.75, 3.05) is 19.4 Å². The lowest BCUT2D eigenvalue weighted by Crippen LogP contribution is -2.52. The van der Waals surface area contributed by atoms with Gasteiger partial charge in [0.05, 0.1) is 19.6 Å². The van der Waals surface area contributed by atoms with Crippen molar-refractivity contribution in [2.45, 2.75) is 44.2 Å². The number of nitrogens with zero attached hydrogens (tertiary/aromatic N) is 2. The second kappa shape index (κ2) is 17.7. The molecule has 246 valence electrons. The van der Waals surface area contributed by atoms with E-state index in [-0.39, 0.29) is 34.9 Å². The van der Waals surface area contributed by atoms with Crippen LogP contribution in [0, 0.1) is 17.2 Å². The molecule has 7 N–H and O–H groups in total. The highest BCUT2D eigenvalue weighted by atomic mass is 32.2. The second-order valence-electron chi connectivity index (χ2n) is 9.34. The molecule has 1 aromatic rings. The number of nitriles is 1. The Bertz CT molecular complexity index is 1470. The standard InChI is InChI=1S/C16H15NO4.C10H17N3O9S2/c1-21-12-5-2-10(3-6-12)13-7-4-11(9-17)16(20)14(13)8-15(18)19;11-5(10(18)19)1-2-7(14)12-6(4-23)9(17)13(3-8(15)16)24(20,21)22/h2-3,5-6,11H,4,7-8H2,1H3,(H,18,19);5-6,23H,1-4,11H2,(H,12,14)(H,15,16)(H,18,19)(H,20,21,22). The zero-order valence-electron chi connectivity index (χ0n) is 23.8. The van der Waals surface area contributed by atoms with E-state index in [1.807, 2.05) is 6.07 Å². The smallest absolute Gasteiger partial charge is 0.362 e. The Labute approximate surface area is 262 Å². The number of ether oxygens (including phenoxy) is 1. The number of amides is 2. The average molecular weight is 673 g/mol. The molecular formula is C26H32N4O13S2. The number of carboxylic acid groups (broad SMARTS) is 3. The Hall–Kier alpha value is -4.51. The summed E-state index contributed by atoms with van der Waals surface area (Å²) in [5.74, 6) is -7.16. The zero-order valence-corrected chi connectivity index (χ0v) is 25.5. The Morgan fingerprint density at radius 1 is 1.16 bits per heavy atom. The molecular weight excluding hydrogens is 640 g/mol. The molecule has 1 aliphatic rings. The van der Waals surface area contributed by atoms with Gasteiger partial charge in [-0.2, -0.15) is 26.3 Å². The summed E-state index contributed by atoms with van der Waals surface area (Å²) in [6, 6.07) is 6.23. The SMILES string of the molecule is COc1ccc(C2=C(CC(=O)O)C(=O)C(C#N)CC2)cc1.NC(CCC(=O)NC(CS)C(=O)N(CC(=O)O)S(=O)(=O)O)C(=O)O. The summed E-state index contributed by atoms with van der Waals surface area (Å²) in [5.41, 5.74) is 6.96. The van der Waals surface area contributed by atoms with Gasteiger partial charge in [-0.1, -0.05) is 12.1 Å². The molecule has 17 nitrogen and oxygen atoms in total. The van der Waals surface area contributed by atoms with E-state index in [0.29, 0.717) is 18.6 Å². The number of Topliss-reactive ketones (excluding diaryl/α,β-unsaturated/α-hetero) is 1. The highest BCUT2D eigenvalue weighted by Crippen LogP contribution is 2.35. The minimum absolute atomic E-state index is 0.241. The number of nitrogens with one attached hydrogen (secondary N) is 1. The summed E-state index contributed by atoms with van der Waals surface area (Å²) < 4.78 is 35.8. The first-order valence-electron chi connectivity index (χ1n) is 12.9. The lowest BCUT2D eigenvalue weighted by Gasteiger charge is -2.23. The van der Waals surface area contributed by atoms with Gasteiger partial charge in [0.25, 0.3) is 5.91 Å². The maximum Gasteiger partial charge on any atom is 0.362 e. The van der Waals surface area contributed by atoms with Crippen LogP contribution in [0.3, 0.4) is 0 Å². The van der Waals surface area contributed by atoms with E-state index in [0.717, 1.165) is 11.1 Å². The van der Waals surface area contributed by atoms with Crippen LogP contribution in [0.4, 0.5) is 0 Å². The van der Waals surface area contributed by atoms with E-state index >= 15 is 0 Å². The molecule has 1 aromatic carbocycles. The predicted molar refractivity (Wildman–Crippen MR) is 157 cm³/mol. The van der Waals surface area contributed by atoms with Gasteiger partial charge in [0.1, 0.15) is 30.3 Å². The van der Waals surface area contributed by atoms with E-state index in [9.17, 15) is 37.2 Å². The highest BCUT2D eigenvalue weighted by molar-refractivity contribution is 7.84. The number of aliphatic carboxylic acids is 3. The Morgan fingerprint density at radius 3 is 2.20 bits per heavy atom. The van der Waals surface area contributed by atoms with Gasteiger partial charge in [0, 0.05) is 17.7 Å². The van der Waals surface area contributed by atoms with Crippen molar-refractivity contribution < 1.29 is 61.8 Å². The number of methoxy groups -OCH3 is 1. The molecule has 0 saturated carbocycles. The van der Waals surface area contributed by atoms with Crippen molar-refractivity contribution in [3.05, 3.63) is 35.4 Å². The van der Waals surface area contributed by atoms with Crippen LogP contribution in [0.15, 0.2) is 29.8 Å². The number of carboxylic acids is 3. The number of hydrogen-bond acceptors (Lipinski definition) is 12. The molecule has 45 heavy (non-hydrogen) atoms. The fourth-order valence-corrected chi connectivity index (χ4v) is 4.82. The van der Waals surface area contributed by atoms with Gasteiger partial charge in [-0.3, -0.25) is 33.3 Å². The normalized spacial score (nSPS) is 15.8. The number of nitrogens with two attached hydrogens (primary N) is 1. The first-order valence-corrected chi connectivity index (χ1v) is 14.9. The second-order valence-corrected chi connectivity index (χ2v) is 11.0. The molecule has 0 fully saturated rings. The van der Waals surface area contributed by atoms with Gasteiger partial charge in [-0.15, -0.1) is 0 Å². The quantitative estimate of drug-likeness (QED) is 0.0989. The minimum atomic E-state index is -5.17. The van der Waals surface area contributed by atoms with Gasteiger partial charge >= 0.3 is 28.2 Å². The first kappa shape index (κ1) is 38.5. The van der Waals surface area contributed by atoms with Crippen molar-refractivity contribution in [3.63, 3.8) is 0 Å². The first-order chi connectivity index (χ1) is 21.0. The summed E-state index contributed by atoms with van der Waals surface area (Å²) in [4.78, 5) is 68.0. The molecule has 1 aliphatic carbocycles. The molecule has 0 radical (unpaired) electrons. The monoisotopic (exact) mass is 672 g/mol. The number of carbonyl (C=O) groups is 6. The lowest BCUT2D eigenvalue weighted by molar-refractivity contribution is -0.142. The summed E-state index contributed by atoms with van der Waals surface area (Å²) >= 11 is 3.75. The van der Waals surface area contributed by atoms with Gasteiger partial charge < -0.3 is 31.1 Å². The zero-order chi connectivity index (χ0) is 34.5. The van der Waals surface area contributed by atoms with Crippen LogP contribution in [0.5, 0.6) is 5.75 Å². The fraction of sp³-hybridized carbons (Fsp3) is 0.423. The minimum Gasteiger partial charge on any atom is -0.497 e. The van der Waals surface area contributed by atoms with Crippen LogP contribution in [-0.2, 0) is 39.1 Å². The van der Waals surface area contributed by atoms with Crippen LogP contribution >= 0.6 is 12.6 Å². The van der Waals surface area contributed by atoms with E-state index in [1.54, 1.807) is 31.4 Å². The van der Waals surface area contributed by atoms with E-state index in [2.05, 4.69) is 17.9 Å². The molecule has 0 aromatic heterocycles. The topological polar surface area (TPSA) is 292 Å². The maximum absolute atomic E-state index is 12.2. The number of rotatable bonds is 14. The number of carbonyl (C=O) groups excluding carboxylic acids is 3. The Kier molecular flexibility index (Phi) is 15.1. The van der Waals surface area contributed by atoms with E-state index < -0.39 is 70.3 Å². The number of hydrogen-bond donors (Lipinski definition) is 7.